The summed E-state index contributed by atoms with van der Waals surface area (Å²) in [4.78, 5) is 16.8. The van der Waals surface area contributed by atoms with Gasteiger partial charge in [0.25, 0.3) is 0 Å². The van der Waals surface area contributed by atoms with Crippen LogP contribution in [-0.4, -0.2) is 27.8 Å². The SMILES string of the molecule is C[C@H]1[C@H](C=Cc2ccc(-c3ccccc3C#N)cn2)[C@@H]2[C@@H](C)OC(=O)[C@]2(O)C[C@@H]1C. The number of aliphatic hydroxyl groups is 1. The molecule has 1 aromatic heterocycles. The summed E-state index contributed by atoms with van der Waals surface area (Å²) < 4.78 is 5.41. The van der Waals surface area contributed by atoms with Gasteiger partial charge in [-0.3, -0.25) is 4.98 Å². The van der Waals surface area contributed by atoms with Gasteiger partial charge in [-0.2, -0.15) is 5.26 Å². The van der Waals surface area contributed by atoms with Gasteiger partial charge < -0.3 is 9.84 Å². The standard InChI is InChI=1S/C25H26N2O3/c1-15-12-25(29)23(17(3)30-24(25)28)21(16(15)2)11-10-20-9-8-19(14-27-20)22-7-5-4-6-18(22)13-26/h4-11,14-17,21,23,29H,12H2,1-3H3/t15-,16+,17+,21-,23-,25-/m0/s1. The molecule has 4 rings (SSSR count). The Labute approximate surface area is 177 Å². The van der Waals surface area contributed by atoms with E-state index < -0.39 is 11.6 Å². The number of nitriles is 1. The van der Waals surface area contributed by atoms with E-state index in [1.165, 1.54) is 0 Å². The molecule has 30 heavy (non-hydrogen) atoms. The van der Waals surface area contributed by atoms with E-state index in [0.717, 1.165) is 16.8 Å². The second kappa shape index (κ2) is 7.70. The van der Waals surface area contributed by atoms with Crippen LogP contribution in [0, 0.1) is 35.0 Å². The van der Waals surface area contributed by atoms with Crippen LogP contribution in [-0.2, 0) is 9.53 Å². The van der Waals surface area contributed by atoms with Gasteiger partial charge in [0, 0.05) is 23.2 Å². The third-order valence-corrected chi connectivity index (χ3v) is 6.89. The van der Waals surface area contributed by atoms with Gasteiger partial charge in [0.2, 0.25) is 0 Å². The Kier molecular flexibility index (Phi) is 5.21. The lowest BCUT2D eigenvalue weighted by atomic mass is 9.60. The van der Waals surface area contributed by atoms with Crippen molar-refractivity contribution in [1.29, 1.82) is 5.26 Å². The Hall–Kier alpha value is -2.97. The Balaban J connectivity index is 1.60. The van der Waals surface area contributed by atoms with Crippen LogP contribution in [0.1, 0.15) is 38.4 Å². The van der Waals surface area contributed by atoms with Crippen LogP contribution in [0.5, 0.6) is 0 Å². The van der Waals surface area contributed by atoms with E-state index in [9.17, 15) is 15.2 Å². The summed E-state index contributed by atoms with van der Waals surface area (Å²) in [6.07, 6.45) is 5.92. The zero-order chi connectivity index (χ0) is 21.5. The van der Waals surface area contributed by atoms with Crippen molar-refractivity contribution < 1.29 is 14.6 Å². The number of nitrogens with zero attached hydrogens (tertiary/aromatic N) is 2. The lowest BCUT2D eigenvalue weighted by molar-refractivity contribution is -0.160. The topological polar surface area (TPSA) is 83.2 Å². The Morgan fingerprint density at radius 3 is 2.70 bits per heavy atom. The molecule has 6 atom stereocenters. The van der Waals surface area contributed by atoms with Crippen molar-refractivity contribution in [2.45, 2.75) is 38.9 Å². The van der Waals surface area contributed by atoms with Crippen molar-refractivity contribution in [2.75, 3.05) is 0 Å². The molecule has 0 bridgehead atoms. The molecule has 1 saturated heterocycles. The number of ether oxygens (including phenoxy) is 1. The highest BCUT2D eigenvalue weighted by Gasteiger charge is 2.61. The van der Waals surface area contributed by atoms with E-state index >= 15 is 0 Å². The van der Waals surface area contributed by atoms with Gasteiger partial charge >= 0.3 is 5.97 Å². The van der Waals surface area contributed by atoms with Crippen LogP contribution >= 0.6 is 0 Å². The number of hydrogen-bond acceptors (Lipinski definition) is 5. The molecule has 2 aliphatic rings. The molecule has 1 aliphatic carbocycles. The van der Waals surface area contributed by atoms with Crippen LogP contribution < -0.4 is 0 Å². The van der Waals surface area contributed by atoms with Gasteiger partial charge in [-0.15, -0.1) is 0 Å². The number of benzene rings is 1. The van der Waals surface area contributed by atoms with Gasteiger partial charge in [0.15, 0.2) is 5.60 Å². The summed E-state index contributed by atoms with van der Waals surface area (Å²) in [7, 11) is 0. The van der Waals surface area contributed by atoms with Crippen molar-refractivity contribution >= 4 is 12.0 Å². The average Bonchev–Trinajstić information content (AvgIpc) is 2.97. The fraction of sp³-hybridized carbons (Fsp3) is 0.400. The van der Waals surface area contributed by atoms with E-state index in [-0.39, 0.29) is 23.9 Å². The maximum atomic E-state index is 12.3. The van der Waals surface area contributed by atoms with Crippen molar-refractivity contribution in [3.8, 4) is 17.2 Å². The lowest BCUT2D eigenvalue weighted by Gasteiger charge is -2.44. The molecule has 2 heterocycles. The number of carbonyl (C=O) groups is 1. The number of aromatic nitrogens is 1. The molecular weight excluding hydrogens is 376 g/mol. The molecule has 5 nitrogen and oxygen atoms in total. The van der Waals surface area contributed by atoms with E-state index in [1.54, 1.807) is 12.3 Å². The van der Waals surface area contributed by atoms with E-state index in [4.69, 9.17) is 4.74 Å². The third kappa shape index (κ3) is 3.32. The predicted molar refractivity (Wildman–Crippen MR) is 114 cm³/mol. The fourth-order valence-corrected chi connectivity index (χ4v) is 5.10. The normalized spacial score (nSPS) is 33.2. The number of allylic oxidation sites excluding steroid dienone is 1. The Morgan fingerprint density at radius 2 is 2.00 bits per heavy atom. The van der Waals surface area contributed by atoms with Gasteiger partial charge in [-0.05, 0) is 49.3 Å². The summed E-state index contributed by atoms with van der Waals surface area (Å²) in [6, 6.07) is 13.5. The summed E-state index contributed by atoms with van der Waals surface area (Å²) >= 11 is 0. The first-order valence-corrected chi connectivity index (χ1v) is 10.4. The van der Waals surface area contributed by atoms with Crippen LogP contribution in [0.2, 0.25) is 0 Å². The minimum Gasteiger partial charge on any atom is -0.460 e. The van der Waals surface area contributed by atoms with Crippen LogP contribution in [0.15, 0.2) is 48.7 Å². The van der Waals surface area contributed by atoms with Crippen molar-refractivity contribution in [1.82, 2.24) is 4.98 Å². The lowest BCUT2D eigenvalue weighted by Crippen LogP contribution is -2.52. The number of rotatable bonds is 3. The number of cyclic esters (lactones) is 1. The zero-order valence-corrected chi connectivity index (χ0v) is 17.4. The predicted octanol–water partition coefficient (Wildman–Crippen LogP) is 4.22. The fourth-order valence-electron chi connectivity index (χ4n) is 5.10. The van der Waals surface area contributed by atoms with E-state index in [2.05, 4.69) is 31.0 Å². The van der Waals surface area contributed by atoms with E-state index in [1.807, 2.05) is 43.3 Å². The Bertz CT molecular complexity index is 1020. The highest BCUT2D eigenvalue weighted by molar-refractivity contribution is 5.82. The number of hydrogen-bond donors (Lipinski definition) is 1. The first kappa shape index (κ1) is 20.3. The van der Waals surface area contributed by atoms with Crippen LogP contribution in [0.25, 0.3) is 17.2 Å². The van der Waals surface area contributed by atoms with Crippen LogP contribution in [0.4, 0.5) is 0 Å². The van der Waals surface area contributed by atoms with Gasteiger partial charge in [0.05, 0.1) is 17.3 Å². The number of fused-ring (bicyclic) bond motifs is 1. The minimum atomic E-state index is -1.40. The van der Waals surface area contributed by atoms with Gasteiger partial charge in [-0.1, -0.05) is 44.2 Å². The molecule has 0 unspecified atom stereocenters. The molecule has 0 spiro atoms. The monoisotopic (exact) mass is 402 g/mol. The maximum absolute atomic E-state index is 12.3. The number of pyridine rings is 1. The molecular formula is C25H26N2O3. The van der Waals surface area contributed by atoms with E-state index in [0.29, 0.717) is 17.9 Å². The van der Waals surface area contributed by atoms with Crippen molar-refractivity contribution in [2.24, 2.45) is 23.7 Å². The first-order valence-electron chi connectivity index (χ1n) is 10.4. The second-order valence-corrected chi connectivity index (χ2v) is 8.67. The van der Waals surface area contributed by atoms with Gasteiger partial charge in [0.1, 0.15) is 6.10 Å². The highest BCUT2D eigenvalue weighted by atomic mass is 16.6. The zero-order valence-electron chi connectivity index (χ0n) is 17.4. The molecule has 0 amide bonds. The second-order valence-electron chi connectivity index (χ2n) is 8.67. The number of esters is 1. The molecule has 154 valence electrons. The minimum absolute atomic E-state index is 0.0148. The smallest absolute Gasteiger partial charge is 0.338 e. The molecule has 1 N–H and O–H groups in total. The van der Waals surface area contributed by atoms with Gasteiger partial charge in [-0.25, -0.2) is 4.79 Å². The largest absolute Gasteiger partial charge is 0.460 e. The molecule has 1 saturated carbocycles. The Morgan fingerprint density at radius 1 is 1.23 bits per heavy atom. The summed E-state index contributed by atoms with van der Waals surface area (Å²) in [5, 5.41) is 20.4. The molecule has 0 radical (unpaired) electrons. The summed E-state index contributed by atoms with van der Waals surface area (Å²) in [5.41, 5.74) is 1.75. The molecule has 2 aromatic rings. The summed E-state index contributed by atoms with van der Waals surface area (Å²) in [5.74, 6) is -0.215. The quantitative estimate of drug-likeness (QED) is 0.777. The molecule has 1 aliphatic heterocycles. The van der Waals surface area contributed by atoms with Crippen molar-refractivity contribution in [3.05, 3.63) is 59.9 Å². The molecule has 5 heteroatoms. The van der Waals surface area contributed by atoms with Crippen molar-refractivity contribution in [3.63, 3.8) is 0 Å². The molecule has 2 fully saturated rings. The summed E-state index contributed by atoms with van der Waals surface area (Å²) in [6.45, 7) is 6.11. The van der Waals surface area contributed by atoms with Crippen LogP contribution in [0.3, 0.4) is 0 Å². The molecule has 1 aromatic carbocycles. The third-order valence-electron chi connectivity index (χ3n) is 6.89. The first-order chi connectivity index (χ1) is 14.3. The number of carbonyl (C=O) groups excluding carboxylic acids is 1. The highest BCUT2D eigenvalue weighted by Crippen LogP contribution is 2.51. The maximum Gasteiger partial charge on any atom is 0.338 e. The average molecular weight is 402 g/mol.